The van der Waals surface area contributed by atoms with Gasteiger partial charge in [-0.2, -0.15) is 22.8 Å². The van der Waals surface area contributed by atoms with Crippen molar-refractivity contribution in [2.24, 2.45) is 0 Å². The molecule has 1 unspecified atom stereocenters. The van der Waals surface area contributed by atoms with Gasteiger partial charge in [-0.25, -0.2) is 9.78 Å². The zero-order valence-electron chi connectivity index (χ0n) is 13.8. The number of nitrogens with zero attached hydrogens (tertiary/aromatic N) is 5. The van der Waals surface area contributed by atoms with Crippen LogP contribution >= 0.6 is 0 Å². The van der Waals surface area contributed by atoms with Crippen LogP contribution in [0.25, 0.3) is 5.95 Å². The molecule has 2 aromatic heterocycles. The molecule has 0 spiro atoms. The summed E-state index contributed by atoms with van der Waals surface area (Å²) in [6.45, 7) is 3.26. The van der Waals surface area contributed by atoms with E-state index in [1.807, 2.05) is 6.92 Å². The number of aromatic amines is 1. The van der Waals surface area contributed by atoms with Crippen LogP contribution in [0.3, 0.4) is 0 Å². The number of H-pyrrole nitrogens is 1. The highest BCUT2D eigenvalue weighted by Crippen LogP contribution is 2.26. The Labute approximate surface area is 144 Å². The van der Waals surface area contributed by atoms with E-state index in [1.165, 1.54) is 6.92 Å². The second-order valence-electron chi connectivity index (χ2n) is 5.38. The number of nitrogens with one attached hydrogen (secondary N) is 2. The fraction of sp³-hybridized carbons (Fsp3) is 0.538. The molecule has 0 saturated carbocycles. The number of hydrogen-bond acceptors (Lipinski definition) is 6. The van der Waals surface area contributed by atoms with Crippen molar-refractivity contribution >= 4 is 11.9 Å². The number of carboxylic acid groups (broad SMARTS) is 1. The standard InChI is InChI=1S/C13H16F3N7O3/c1-3-4-5-7(10(25)26)18-9(24)8-17-6(2)23(22-8)12-19-11(20-21-12)13(14,15)16/h7H,3-5H2,1-2H3,(H,18,24)(H,25,26)(H,19,20,21). The van der Waals surface area contributed by atoms with Crippen LogP contribution in [0.1, 0.15) is 48.5 Å². The summed E-state index contributed by atoms with van der Waals surface area (Å²) in [7, 11) is 0. The highest BCUT2D eigenvalue weighted by molar-refractivity contribution is 5.93. The Morgan fingerprint density at radius 1 is 1.35 bits per heavy atom. The van der Waals surface area contributed by atoms with E-state index in [0.29, 0.717) is 6.42 Å². The molecule has 1 atom stereocenters. The second kappa shape index (κ2) is 7.49. The van der Waals surface area contributed by atoms with Crippen molar-refractivity contribution in [3.8, 4) is 5.95 Å². The molecule has 0 saturated heterocycles. The fourth-order valence-electron chi connectivity index (χ4n) is 2.04. The third-order valence-electron chi connectivity index (χ3n) is 3.35. The molecule has 0 fully saturated rings. The molecule has 1 amide bonds. The van der Waals surface area contributed by atoms with Gasteiger partial charge in [-0.05, 0) is 13.3 Å². The van der Waals surface area contributed by atoms with Crippen LogP contribution in [0.4, 0.5) is 13.2 Å². The predicted molar refractivity (Wildman–Crippen MR) is 79.5 cm³/mol. The van der Waals surface area contributed by atoms with Crippen molar-refractivity contribution in [1.82, 2.24) is 35.3 Å². The molecule has 13 heteroatoms. The molecular formula is C13H16F3N7O3. The molecule has 142 valence electrons. The fourth-order valence-corrected chi connectivity index (χ4v) is 2.04. The first kappa shape index (κ1) is 19.3. The normalized spacial score (nSPS) is 12.8. The molecule has 2 heterocycles. The highest BCUT2D eigenvalue weighted by Gasteiger charge is 2.36. The minimum absolute atomic E-state index is 0.0586. The van der Waals surface area contributed by atoms with E-state index in [4.69, 9.17) is 5.11 Å². The first-order valence-electron chi connectivity index (χ1n) is 7.60. The molecule has 0 radical (unpaired) electrons. The summed E-state index contributed by atoms with van der Waals surface area (Å²) in [6, 6.07) is -1.12. The van der Waals surface area contributed by atoms with Gasteiger partial charge >= 0.3 is 12.1 Å². The van der Waals surface area contributed by atoms with Crippen LogP contribution < -0.4 is 5.32 Å². The number of carbonyl (C=O) groups excluding carboxylic acids is 1. The number of carbonyl (C=O) groups is 2. The van der Waals surface area contributed by atoms with Gasteiger partial charge in [0, 0.05) is 0 Å². The van der Waals surface area contributed by atoms with Crippen LogP contribution in [0, 0.1) is 6.92 Å². The number of aromatic nitrogens is 6. The van der Waals surface area contributed by atoms with Crippen molar-refractivity contribution in [2.45, 2.75) is 45.3 Å². The molecule has 0 aliphatic heterocycles. The van der Waals surface area contributed by atoms with Gasteiger partial charge in [0.05, 0.1) is 0 Å². The maximum Gasteiger partial charge on any atom is 0.451 e. The zero-order chi connectivity index (χ0) is 19.5. The molecule has 2 rings (SSSR count). The largest absolute Gasteiger partial charge is 0.480 e. The molecule has 0 aromatic carbocycles. The van der Waals surface area contributed by atoms with E-state index < -0.39 is 41.7 Å². The Hall–Kier alpha value is -2.99. The maximum atomic E-state index is 12.6. The van der Waals surface area contributed by atoms with Crippen molar-refractivity contribution < 1.29 is 27.9 Å². The number of aliphatic carboxylic acids is 1. The Morgan fingerprint density at radius 3 is 2.58 bits per heavy atom. The molecule has 0 aliphatic carbocycles. The number of alkyl halides is 3. The Balaban J connectivity index is 2.20. The highest BCUT2D eigenvalue weighted by atomic mass is 19.4. The summed E-state index contributed by atoms with van der Waals surface area (Å²) in [5, 5.41) is 20.3. The van der Waals surface area contributed by atoms with Crippen molar-refractivity contribution in [3.05, 3.63) is 17.5 Å². The molecule has 3 N–H and O–H groups in total. The molecule has 0 bridgehead atoms. The van der Waals surface area contributed by atoms with E-state index in [2.05, 4.69) is 25.5 Å². The van der Waals surface area contributed by atoms with E-state index in [1.54, 1.807) is 5.10 Å². The summed E-state index contributed by atoms with van der Waals surface area (Å²) >= 11 is 0. The van der Waals surface area contributed by atoms with Gasteiger partial charge in [-0.15, -0.1) is 10.2 Å². The number of amides is 1. The molecular weight excluding hydrogens is 359 g/mol. The second-order valence-corrected chi connectivity index (χ2v) is 5.38. The van der Waals surface area contributed by atoms with E-state index in [-0.39, 0.29) is 12.2 Å². The number of aryl methyl sites for hydroxylation is 1. The van der Waals surface area contributed by atoms with Gasteiger partial charge < -0.3 is 10.4 Å². The molecule has 10 nitrogen and oxygen atoms in total. The van der Waals surface area contributed by atoms with Gasteiger partial charge in [0.1, 0.15) is 11.9 Å². The average Bonchev–Trinajstić information content (AvgIpc) is 3.17. The first-order valence-corrected chi connectivity index (χ1v) is 7.60. The van der Waals surface area contributed by atoms with E-state index in [0.717, 1.165) is 11.1 Å². The van der Waals surface area contributed by atoms with Crippen molar-refractivity contribution in [1.29, 1.82) is 0 Å². The number of unbranched alkanes of at least 4 members (excludes halogenated alkanes) is 1. The monoisotopic (exact) mass is 375 g/mol. The van der Waals surface area contributed by atoms with Gasteiger partial charge in [-0.1, -0.05) is 19.8 Å². The minimum atomic E-state index is -4.71. The SMILES string of the molecule is CCCCC(NC(=O)c1nc(C)n(-c2n[nH]c(C(F)(F)F)n2)n1)C(=O)O. The lowest BCUT2D eigenvalue weighted by Crippen LogP contribution is -2.41. The summed E-state index contributed by atoms with van der Waals surface area (Å²) in [4.78, 5) is 30.4. The topological polar surface area (TPSA) is 139 Å². The van der Waals surface area contributed by atoms with E-state index in [9.17, 15) is 22.8 Å². The van der Waals surface area contributed by atoms with Crippen molar-refractivity contribution in [2.75, 3.05) is 0 Å². The number of carboxylic acids is 1. The Morgan fingerprint density at radius 2 is 2.04 bits per heavy atom. The third-order valence-corrected chi connectivity index (χ3v) is 3.35. The van der Waals surface area contributed by atoms with Crippen LogP contribution in [-0.4, -0.2) is 53.0 Å². The molecule has 26 heavy (non-hydrogen) atoms. The number of hydrogen-bond donors (Lipinski definition) is 3. The zero-order valence-corrected chi connectivity index (χ0v) is 13.8. The van der Waals surface area contributed by atoms with Gasteiger partial charge in [0.2, 0.25) is 11.6 Å². The number of halogens is 3. The minimum Gasteiger partial charge on any atom is -0.480 e. The van der Waals surface area contributed by atoms with Gasteiger partial charge in [0.25, 0.3) is 11.9 Å². The van der Waals surface area contributed by atoms with E-state index >= 15 is 0 Å². The van der Waals surface area contributed by atoms with Crippen LogP contribution in [0.5, 0.6) is 0 Å². The van der Waals surface area contributed by atoms with Gasteiger partial charge in [-0.3, -0.25) is 9.89 Å². The third kappa shape index (κ3) is 4.34. The summed E-state index contributed by atoms with van der Waals surface area (Å²) in [5.41, 5.74) is 0. The average molecular weight is 375 g/mol. The summed E-state index contributed by atoms with van der Waals surface area (Å²) < 4.78 is 38.6. The predicted octanol–water partition coefficient (Wildman–Crippen LogP) is 1.09. The first-order chi connectivity index (χ1) is 12.1. The maximum absolute atomic E-state index is 12.6. The van der Waals surface area contributed by atoms with Gasteiger partial charge in [0.15, 0.2) is 0 Å². The summed E-state index contributed by atoms with van der Waals surface area (Å²) in [6.07, 6.45) is -3.14. The Kier molecular flexibility index (Phi) is 5.57. The summed E-state index contributed by atoms with van der Waals surface area (Å²) in [5.74, 6) is -4.17. The smallest absolute Gasteiger partial charge is 0.451 e. The van der Waals surface area contributed by atoms with Crippen LogP contribution in [-0.2, 0) is 11.0 Å². The quantitative estimate of drug-likeness (QED) is 0.658. The lowest BCUT2D eigenvalue weighted by molar-refractivity contribution is -0.144. The number of rotatable bonds is 7. The Bertz CT molecular complexity index is 799. The van der Waals surface area contributed by atoms with Crippen LogP contribution in [0.15, 0.2) is 0 Å². The lowest BCUT2D eigenvalue weighted by atomic mass is 10.1. The molecule has 0 aliphatic rings. The lowest BCUT2D eigenvalue weighted by Gasteiger charge is -2.12. The van der Waals surface area contributed by atoms with Crippen molar-refractivity contribution in [3.63, 3.8) is 0 Å². The molecule has 2 aromatic rings. The van der Waals surface area contributed by atoms with Crippen LogP contribution in [0.2, 0.25) is 0 Å².